The van der Waals surface area contributed by atoms with Crippen molar-refractivity contribution in [3.63, 3.8) is 0 Å². The molecule has 2 heterocycles. The van der Waals surface area contributed by atoms with Crippen molar-refractivity contribution >= 4 is 22.8 Å². The van der Waals surface area contributed by atoms with Gasteiger partial charge in [0.1, 0.15) is 11.3 Å². The van der Waals surface area contributed by atoms with Gasteiger partial charge < -0.3 is 4.57 Å². The maximum atomic E-state index is 6.27. The largest absolute Gasteiger partial charge is 0.308 e. The lowest BCUT2D eigenvalue weighted by atomic mass is 10.2. The Morgan fingerprint density at radius 2 is 2.17 bits per heavy atom. The third kappa shape index (κ3) is 1.72. The van der Waals surface area contributed by atoms with Gasteiger partial charge in [0, 0.05) is 12.2 Å². The lowest BCUT2D eigenvalue weighted by molar-refractivity contribution is 0.533. The van der Waals surface area contributed by atoms with Crippen LogP contribution in [-0.2, 0) is 0 Å². The zero-order valence-electron chi connectivity index (χ0n) is 11.2. The summed E-state index contributed by atoms with van der Waals surface area (Å²) in [7, 11) is 0. The molecule has 0 radical (unpaired) electrons. The molecule has 2 aromatic rings. The van der Waals surface area contributed by atoms with Crippen LogP contribution in [0.4, 0.5) is 0 Å². The highest BCUT2D eigenvalue weighted by atomic mass is 35.5. The van der Waals surface area contributed by atoms with E-state index in [0.29, 0.717) is 11.5 Å². The molecule has 2 aromatic heterocycles. The number of hydrogen-bond acceptors (Lipinski definition) is 2. The van der Waals surface area contributed by atoms with Gasteiger partial charge in [-0.25, -0.2) is 9.97 Å². The van der Waals surface area contributed by atoms with E-state index in [1.165, 1.54) is 6.42 Å². The van der Waals surface area contributed by atoms with Crippen LogP contribution in [0.2, 0.25) is 0 Å². The minimum Gasteiger partial charge on any atom is -0.308 e. The van der Waals surface area contributed by atoms with Crippen molar-refractivity contribution in [1.29, 1.82) is 0 Å². The summed E-state index contributed by atoms with van der Waals surface area (Å²) in [6.07, 6.45) is 3.07. The molecule has 0 aromatic carbocycles. The van der Waals surface area contributed by atoms with Crippen molar-refractivity contribution in [2.45, 2.75) is 45.5 Å². The van der Waals surface area contributed by atoms with Crippen LogP contribution in [0.1, 0.15) is 50.0 Å². The fourth-order valence-electron chi connectivity index (χ4n) is 2.57. The van der Waals surface area contributed by atoms with E-state index in [9.17, 15) is 0 Å². The van der Waals surface area contributed by atoms with E-state index in [0.717, 1.165) is 22.6 Å². The van der Waals surface area contributed by atoms with Crippen LogP contribution in [0.25, 0.3) is 11.2 Å². The Labute approximate surface area is 112 Å². The summed E-state index contributed by atoms with van der Waals surface area (Å²) >= 11 is 6.27. The lowest BCUT2D eigenvalue weighted by Gasteiger charge is -2.11. The zero-order chi connectivity index (χ0) is 13.1. The van der Waals surface area contributed by atoms with Crippen LogP contribution in [0.3, 0.4) is 0 Å². The fourth-order valence-corrected chi connectivity index (χ4v) is 2.72. The summed E-state index contributed by atoms with van der Waals surface area (Å²) in [5.74, 6) is 0.945. The van der Waals surface area contributed by atoms with Crippen LogP contribution in [0.15, 0.2) is 12.3 Å². The van der Waals surface area contributed by atoms with Crippen LogP contribution < -0.4 is 0 Å². The second-order valence-electron chi connectivity index (χ2n) is 6.02. The number of nitrogens with zero attached hydrogens (tertiary/aromatic N) is 3. The third-order valence-corrected chi connectivity index (χ3v) is 4.02. The number of imidazole rings is 1. The van der Waals surface area contributed by atoms with E-state index in [2.05, 4.69) is 34.4 Å². The first-order valence-corrected chi connectivity index (χ1v) is 6.82. The van der Waals surface area contributed by atoms with Crippen LogP contribution in [0.5, 0.6) is 0 Å². The Morgan fingerprint density at radius 3 is 2.72 bits per heavy atom. The Bertz CT molecular complexity index is 613. The molecule has 18 heavy (non-hydrogen) atoms. The first-order valence-electron chi connectivity index (χ1n) is 6.39. The minimum atomic E-state index is -0.0871. The molecule has 0 bridgehead atoms. The molecule has 3 rings (SSSR count). The van der Waals surface area contributed by atoms with Crippen molar-refractivity contribution < 1.29 is 0 Å². The van der Waals surface area contributed by atoms with Crippen LogP contribution >= 0.6 is 11.6 Å². The zero-order valence-corrected chi connectivity index (χ0v) is 12.0. The summed E-state index contributed by atoms with van der Waals surface area (Å²) in [5.41, 5.74) is 3.40. The second kappa shape index (κ2) is 3.70. The van der Waals surface area contributed by atoms with Crippen molar-refractivity contribution in [1.82, 2.24) is 14.5 Å². The molecule has 2 unspecified atom stereocenters. The van der Waals surface area contributed by atoms with Crippen molar-refractivity contribution in [3.8, 4) is 0 Å². The minimum absolute atomic E-state index is 0.0871. The molecule has 4 heteroatoms. The lowest BCUT2D eigenvalue weighted by Crippen LogP contribution is -2.06. The number of rotatable bonds is 2. The maximum Gasteiger partial charge on any atom is 0.160 e. The Kier molecular flexibility index (Phi) is 2.46. The van der Waals surface area contributed by atoms with Gasteiger partial charge in [0.25, 0.3) is 0 Å². The molecule has 96 valence electrons. The van der Waals surface area contributed by atoms with Gasteiger partial charge in [-0.3, -0.25) is 0 Å². The number of halogens is 1. The van der Waals surface area contributed by atoms with Gasteiger partial charge in [-0.05, 0) is 37.3 Å². The first-order chi connectivity index (χ1) is 8.40. The second-order valence-corrected chi connectivity index (χ2v) is 6.67. The van der Waals surface area contributed by atoms with Crippen molar-refractivity contribution in [3.05, 3.63) is 23.7 Å². The number of pyridine rings is 1. The number of aromatic nitrogens is 3. The maximum absolute atomic E-state index is 6.27. The standard InChI is InChI=1S/C14H18ClN3/c1-8-5-10-13(16-7-8)18(11-6-14(11,3)4)12(17-10)9(2)15/h5,7,9,11H,6H2,1-4H3. The molecular weight excluding hydrogens is 246 g/mol. The SMILES string of the molecule is Cc1cnc2c(c1)nc(C(C)Cl)n2C1CC1(C)C. The predicted molar refractivity (Wildman–Crippen MR) is 74.0 cm³/mol. The summed E-state index contributed by atoms with van der Waals surface area (Å²) in [6.45, 7) is 8.57. The molecule has 3 nitrogen and oxygen atoms in total. The number of hydrogen-bond donors (Lipinski definition) is 0. The summed E-state index contributed by atoms with van der Waals surface area (Å²) in [6, 6.07) is 2.56. The van der Waals surface area contributed by atoms with Crippen molar-refractivity contribution in [2.75, 3.05) is 0 Å². The molecular formula is C14H18ClN3. The van der Waals surface area contributed by atoms with Gasteiger partial charge in [-0.2, -0.15) is 0 Å². The normalized spacial score (nSPS) is 23.3. The fraction of sp³-hybridized carbons (Fsp3) is 0.571. The third-order valence-electron chi connectivity index (χ3n) is 3.82. The van der Waals surface area contributed by atoms with Gasteiger partial charge in [0.05, 0.1) is 5.38 Å². The molecule has 1 saturated carbocycles. The van der Waals surface area contributed by atoms with Gasteiger partial charge in [0.2, 0.25) is 0 Å². The van der Waals surface area contributed by atoms with E-state index < -0.39 is 0 Å². The molecule has 0 N–H and O–H groups in total. The number of fused-ring (bicyclic) bond motifs is 1. The average Bonchev–Trinajstić information content (AvgIpc) is 2.74. The quantitative estimate of drug-likeness (QED) is 0.767. The molecule has 1 aliphatic rings. The highest BCUT2D eigenvalue weighted by Gasteiger charge is 2.49. The highest BCUT2D eigenvalue weighted by Crippen LogP contribution is 2.57. The van der Waals surface area contributed by atoms with E-state index >= 15 is 0 Å². The highest BCUT2D eigenvalue weighted by molar-refractivity contribution is 6.20. The van der Waals surface area contributed by atoms with Gasteiger partial charge in [-0.15, -0.1) is 11.6 Å². The molecule has 1 fully saturated rings. The molecule has 0 saturated heterocycles. The van der Waals surface area contributed by atoms with Crippen LogP contribution in [0, 0.1) is 12.3 Å². The molecule has 2 atom stereocenters. The monoisotopic (exact) mass is 263 g/mol. The van der Waals surface area contributed by atoms with Gasteiger partial charge in [-0.1, -0.05) is 13.8 Å². The Hall–Kier alpha value is -1.09. The number of alkyl halides is 1. The molecule has 1 aliphatic carbocycles. The van der Waals surface area contributed by atoms with E-state index in [1.807, 2.05) is 20.0 Å². The van der Waals surface area contributed by atoms with Gasteiger partial charge >= 0.3 is 0 Å². The van der Waals surface area contributed by atoms with Crippen LogP contribution in [-0.4, -0.2) is 14.5 Å². The molecule has 0 aliphatic heterocycles. The van der Waals surface area contributed by atoms with Gasteiger partial charge in [0.15, 0.2) is 5.65 Å². The molecule has 0 spiro atoms. The first kappa shape index (κ1) is 12.0. The summed E-state index contributed by atoms with van der Waals surface area (Å²) < 4.78 is 2.24. The number of aryl methyl sites for hydroxylation is 1. The predicted octanol–water partition coefficient (Wildman–Crippen LogP) is 4.01. The Balaban J connectivity index is 2.23. The van der Waals surface area contributed by atoms with Crippen molar-refractivity contribution in [2.24, 2.45) is 5.41 Å². The van der Waals surface area contributed by atoms with E-state index in [-0.39, 0.29) is 5.38 Å². The van der Waals surface area contributed by atoms with E-state index in [4.69, 9.17) is 11.6 Å². The summed E-state index contributed by atoms with van der Waals surface area (Å²) in [5, 5.41) is -0.0871. The summed E-state index contributed by atoms with van der Waals surface area (Å²) in [4.78, 5) is 9.22. The topological polar surface area (TPSA) is 30.7 Å². The Morgan fingerprint density at radius 1 is 1.50 bits per heavy atom. The molecule has 0 amide bonds. The smallest absolute Gasteiger partial charge is 0.160 e. The van der Waals surface area contributed by atoms with E-state index in [1.54, 1.807) is 0 Å². The average molecular weight is 264 g/mol.